The Labute approximate surface area is 217 Å². The standard InChI is InChI=1S/C23H30F2N8O3S/c1-3-32-11-13-8-14(32)9-16(13)28-23(35)36-19-4-6-26-20(29-19)33-7-5-15(24)17(12-33)31(2)22(34)30-21-27-10-18(25)37-21/h4,6,10,13-17H,3,5,7-9,11-12H2,1-2H3,(H,28,35)(H,27,30,34)/t13-,14-,15+,16+,17-/m0/s1. The number of piperidine rings is 2. The summed E-state index contributed by atoms with van der Waals surface area (Å²) in [5.41, 5.74) is 0. The number of amides is 3. The second-order valence-corrected chi connectivity index (χ2v) is 10.6. The van der Waals surface area contributed by atoms with E-state index in [1.54, 1.807) is 4.90 Å². The fourth-order valence-corrected chi connectivity index (χ4v) is 6.05. The summed E-state index contributed by atoms with van der Waals surface area (Å²) in [6.07, 6.45) is 2.82. The van der Waals surface area contributed by atoms with Gasteiger partial charge in [0.2, 0.25) is 11.8 Å². The number of nitrogens with one attached hydrogen (secondary N) is 2. The number of hydrogen-bond donors (Lipinski definition) is 2. The van der Waals surface area contributed by atoms with Crippen molar-refractivity contribution < 1.29 is 23.1 Å². The van der Waals surface area contributed by atoms with Gasteiger partial charge >= 0.3 is 12.1 Å². The average Bonchev–Trinajstić information content (AvgIpc) is 3.59. The Hall–Kier alpha value is -3.13. The number of ether oxygens (including phenoxy) is 1. The number of rotatable bonds is 6. The number of urea groups is 1. The van der Waals surface area contributed by atoms with Gasteiger partial charge in [0.15, 0.2) is 10.3 Å². The number of fused-ring (bicyclic) bond motifs is 2. The van der Waals surface area contributed by atoms with E-state index in [1.807, 2.05) is 0 Å². The number of likely N-dealkylation sites (tertiary alicyclic amines) is 1. The average molecular weight is 537 g/mol. The van der Waals surface area contributed by atoms with Crippen LogP contribution in [0.25, 0.3) is 0 Å². The number of alkyl halides is 1. The van der Waals surface area contributed by atoms with E-state index in [0.717, 1.165) is 32.1 Å². The van der Waals surface area contributed by atoms with E-state index in [4.69, 9.17) is 4.74 Å². The molecular formula is C23H30F2N8O3S. The summed E-state index contributed by atoms with van der Waals surface area (Å²) in [5, 5.41) is 5.02. The maximum atomic E-state index is 14.8. The Bertz CT molecular complexity index is 1140. The van der Waals surface area contributed by atoms with Crippen molar-refractivity contribution in [3.8, 4) is 5.88 Å². The van der Waals surface area contributed by atoms with Crippen molar-refractivity contribution in [1.29, 1.82) is 0 Å². The first-order valence-corrected chi connectivity index (χ1v) is 13.2. The maximum absolute atomic E-state index is 14.8. The Kier molecular flexibility index (Phi) is 7.38. The van der Waals surface area contributed by atoms with Crippen LogP contribution in [0.4, 0.5) is 29.4 Å². The van der Waals surface area contributed by atoms with E-state index < -0.39 is 29.5 Å². The normalized spacial score (nSPS) is 27.2. The van der Waals surface area contributed by atoms with E-state index in [1.165, 1.54) is 24.2 Å². The first kappa shape index (κ1) is 25.5. The van der Waals surface area contributed by atoms with Gasteiger partial charge in [-0.1, -0.05) is 18.3 Å². The minimum atomic E-state index is -1.27. The monoisotopic (exact) mass is 536 g/mol. The lowest BCUT2D eigenvalue weighted by atomic mass is 10.0. The molecule has 3 aliphatic rings. The van der Waals surface area contributed by atoms with Crippen molar-refractivity contribution in [2.75, 3.05) is 43.4 Å². The highest BCUT2D eigenvalue weighted by Gasteiger charge is 2.44. The van der Waals surface area contributed by atoms with Gasteiger partial charge in [-0.05, 0) is 31.7 Å². The number of carbonyl (C=O) groups is 2. The van der Waals surface area contributed by atoms with Crippen LogP contribution >= 0.6 is 11.3 Å². The molecular weight excluding hydrogens is 506 g/mol. The number of halogens is 2. The summed E-state index contributed by atoms with van der Waals surface area (Å²) in [6, 6.07) is 0.708. The van der Waals surface area contributed by atoms with Gasteiger partial charge in [0.1, 0.15) is 6.17 Å². The molecule has 2 aromatic heterocycles. The third-order valence-electron chi connectivity index (χ3n) is 7.47. The minimum absolute atomic E-state index is 0.0912. The first-order chi connectivity index (χ1) is 17.8. The number of anilines is 2. The molecule has 14 heteroatoms. The highest BCUT2D eigenvalue weighted by molar-refractivity contribution is 7.14. The Morgan fingerprint density at radius 3 is 2.84 bits per heavy atom. The molecule has 2 saturated heterocycles. The molecule has 1 saturated carbocycles. The fraction of sp³-hybridized carbons (Fsp3) is 0.609. The Morgan fingerprint density at radius 1 is 1.30 bits per heavy atom. The highest BCUT2D eigenvalue weighted by Crippen LogP contribution is 2.37. The zero-order chi connectivity index (χ0) is 26.1. The lowest BCUT2D eigenvalue weighted by molar-refractivity contribution is 0.133. The molecule has 0 aromatic carbocycles. The SMILES string of the molecule is CCN1C[C@@H]2C[C@H]1C[C@H]2NC(=O)Oc1ccnc(N2CC[C@@H](F)[C@@H](N(C)C(=O)Nc3ncc(F)s3)C2)n1. The molecule has 5 atom stereocenters. The number of likely N-dealkylation sites (N-methyl/N-ethyl adjacent to an activating group) is 1. The molecule has 0 unspecified atom stereocenters. The molecule has 0 radical (unpaired) electrons. The summed E-state index contributed by atoms with van der Waals surface area (Å²) < 4.78 is 33.4. The molecule has 5 rings (SSSR count). The fourth-order valence-electron chi connectivity index (χ4n) is 5.52. The molecule has 4 heterocycles. The lowest BCUT2D eigenvalue weighted by Gasteiger charge is -2.39. The molecule has 2 bridgehead atoms. The molecule has 2 aromatic rings. The van der Waals surface area contributed by atoms with E-state index in [2.05, 4.69) is 37.4 Å². The zero-order valence-electron chi connectivity index (χ0n) is 20.6. The molecule has 2 N–H and O–H groups in total. The van der Waals surface area contributed by atoms with Gasteiger partial charge in [-0.15, -0.1) is 0 Å². The number of nitrogens with zero attached hydrogens (tertiary/aromatic N) is 6. The van der Waals surface area contributed by atoms with Gasteiger partial charge in [-0.25, -0.2) is 23.9 Å². The van der Waals surface area contributed by atoms with Gasteiger partial charge in [0.05, 0.1) is 12.2 Å². The molecule has 200 valence electrons. The maximum Gasteiger partial charge on any atom is 0.414 e. The quantitative estimate of drug-likeness (QED) is 0.579. The van der Waals surface area contributed by atoms with Crippen molar-refractivity contribution in [3.05, 3.63) is 23.6 Å². The summed E-state index contributed by atoms with van der Waals surface area (Å²) >= 11 is 0.690. The van der Waals surface area contributed by atoms with Gasteiger partial charge in [0, 0.05) is 51.0 Å². The molecule has 37 heavy (non-hydrogen) atoms. The van der Waals surface area contributed by atoms with Crippen molar-refractivity contribution in [3.63, 3.8) is 0 Å². The molecule has 11 nitrogen and oxygen atoms in total. The Morgan fingerprint density at radius 2 is 2.14 bits per heavy atom. The number of carbonyl (C=O) groups excluding carboxylic acids is 2. The minimum Gasteiger partial charge on any atom is -0.391 e. The molecule has 3 amide bonds. The summed E-state index contributed by atoms with van der Waals surface area (Å²) in [4.78, 5) is 42.9. The van der Waals surface area contributed by atoms with Gasteiger partial charge < -0.3 is 24.8 Å². The van der Waals surface area contributed by atoms with Crippen LogP contribution in [-0.4, -0.2) is 94.4 Å². The predicted molar refractivity (Wildman–Crippen MR) is 133 cm³/mol. The Balaban J connectivity index is 1.18. The lowest BCUT2D eigenvalue weighted by Crippen LogP contribution is -2.55. The second kappa shape index (κ2) is 10.7. The molecule has 3 fully saturated rings. The van der Waals surface area contributed by atoms with Crippen molar-refractivity contribution in [2.45, 2.75) is 50.5 Å². The van der Waals surface area contributed by atoms with Crippen LogP contribution < -0.4 is 20.3 Å². The van der Waals surface area contributed by atoms with E-state index >= 15 is 0 Å². The van der Waals surface area contributed by atoms with Crippen molar-refractivity contribution in [2.24, 2.45) is 5.92 Å². The predicted octanol–water partition coefficient (Wildman–Crippen LogP) is 2.72. The van der Waals surface area contributed by atoms with Crippen LogP contribution in [-0.2, 0) is 0 Å². The molecule has 2 aliphatic heterocycles. The smallest absolute Gasteiger partial charge is 0.391 e. The van der Waals surface area contributed by atoms with E-state index in [-0.39, 0.29) is 36.0 Å². The van der Waals surface area contributed by atoms with Crippen LogP contribution in [0.15, 0.2) is 18.5 Å². The third-order valence-corrected chi connectivity index (χ3v) is 8.17. The van der Waals surface area contributed by atoms with Crippen LogP contribution in [0.5, 0.6) is 5.88 Å². The van der Waals surface area contributed by atoms with Crippen LogP contribution in [0.3, 0.4) is 0 Å². The number of thiazole rings is 1. The van der Waals surface area contributed by atoms with Crippen LogP contribution in [0.1, 0.15) is 26.2 Å². The summed E-state index contributed by atoms with van der Waals surface area (Å²) in [6.45, 7) is 4.63. The topological polar surface area (TPSA) is 116 Å². The van der Waals surface area contributed by atoms with E-state index in [9.17, 15) is 18.4 Å². The summed E-state index contributed by atoms with van der Waals surface area (Å²) in [7, 11) is 1.47. The van der Waals surface area contributed by atoms with E-state index in [0.29, 0.717) is 29.8 Å². The largest absolute Gasteiger partial charge is 0.414 e. The second-order valence-electron chi connectivity index (χ2n) is 9.64. The molecule has 1 aliphatic carbocycles. The van der Waals surface area contributed by atoms with Gasteiger partial charge in [0.25, 0.3) is 0 Å². The van der Waals surface area contributed by atoms with Crippen LogP contribution in [0.2, 0.25) is 0 Å². The highest BCUT2D eigenvalue weighted by atomic mass is 32.1. The first-order valence-electron chi connectivity index (χ1n) is 12.4. The van der Waals surface area contributed by atoms with Gasteiger partial charge in [-0.3, -0.25) is 5.32 Å². The number of aromatic nitrogens is 3. The van der Waals surface area contributed by atoms with Crippen molar-refractivity contribution in [1.82, 2.24) is 30.1 Å². The molecule has 0 spiro atoms. The summed E-state index contributed by atoms with van der Waals surface area (Å²) in [5.74, 6) is 0.800. The number of hydrogen-bond acceptors (Lipinski definition) is 9. The van der Waals surface area contributed by atoms with Gasteiger partial charge in [-0.2, -0.15) is 9.37 Å². The zero-order valence-corrected chi connectivity index (χ0v) is 21.5. The van der Waals surface area contributed by atoms with Crippen molar-refractivity contribution >= 4 is 34.5 Å². The third kappa shape index (κ3) is 5.59. The van der Waals surface area contributed by atoms with Crippen LogP contribution in [0, 0.1) is 11.0 Å².